The number of pyridine rings is 3. The molecule has 240 valence electrons. The summed E-state index contributed by atoms with van der Waals surface area (Å²) in [6.07, 6.45) is 6.80. The minimum atomic E-state index is -0.254. The predicted molar refractivity (Wildman–Crippen MR) is 186 cm³/mol. The van der Waals surface area contributed by atoms with Crippen LogP contribution in [-0.2, 0) is 0 Å². The molecule has 5 aromatic rings. The summed E-state index contributed by atoms with van der Waals surface area (Å²) in [5.41, 5.74) is 11.2. The van der Waals surface area contributed by atoms with E-state index in [4.69, 9.17) is 10.7 Å². The highest BCUT2D eigenvalue weighted by Crippen LogP contribution is 2.28. The quantitative estimate of drug-likeness (QED) is 0.239. The Balaban J connectivity index is 0.954. The summed E-state index contributed by atoms with van der Waals surface area (Å²) >= 11 is 0. The van der Waals surface area contributed by atoms with Gasteiger partial charge in [-0.2, -0.15) is 0 Å². The van der Waals surface area contributed by atoms with Gasteiger partial charge in [0.25, 0.3) is 0 Å². The minimum Gasteiger partial charge on any atom is -0.384 e. The number of halogens is 1. The summed E-state index contributed by atoms with van der Waals surface area (Å²) < 4.78 is 17.5. The van der Waals surface area contributed by atoms with Crippen LogP contribution in [0.5, 0.6) is 0 Å². The third-order valence-corrected chi connectivity index (χ3v) is 9.29. The number of aromatic nitrogens is 5. The zero-order chi connectivity index (χ0) is 32.3. The number of anilines is 3. The zero-order valence-electron chi connectivity index (χ0n) is 27.0. The lowest BCUT2D eigenvalue weighted by atomic mass is 9.99. The molecule has 6 heterocycles. The van der Waals surface area contributed by atoms with Gasteiger partial charge in [-0.3, -0.25) is 9.47 Å². The van der Waals surface area contributed by atoms with Crippen LogP contribution in [0.4, 0.5) is 21.7 Å². The van der Waals surface area contributed by atoms with Crippen LogP contribution in [0.15, 0.2) is 67.0 Å². The number of imidazole rings is 1. The van der Waals surface area contributed by atoms with Gasteiger partial charge in [0.2, 0.25) is 0 Å². The molecule has 0 radical (unpaired) electrons. The number of fused-ring (bicyclic) bond motifs is 1. The number of piperazine rings is 1. The smallest absolute Gasteiger partial charge is 0.165 e. The van der Waals surface area contributed by atoms with Crippen molar-refractivity contribution in [3.63, 3.8) is 0 Å². The fourth-order valence-electron chi connectivity index (χ4n) is 6.52. The van der Waals surface area contributed by atoms with E-state index in [1.54, 1.807) is 18.3 Å². The van der Waals surface area contributed by atoms with Gasteiger partial charge in [-0.15, -0.1) is 0 Å². The van der Waals surface area contributed by atoms with E-state index in [9.17, 15) is 0 Å². The molecule has 0 bridgehead atoms. The normalized spacial score (nSPS) is 16.0. The largest absolute Gasteiger partial charge is 0.384 e. The Hall–Kier alpha value is -5.01. The molecule has 2 N–H and O–H groups in total. The number of nitrogens with zero attached hydrogens (tertiary/aromatic N) is 8. The first-order valence-corrected chi connectivity index (χ1v) is 16.5. The van der Waals surface area contributed by atoms with Gasteiger partial charge in [0, 0.05) is 81.8 Å². The van der Waals surface area contributed by atoms with Crippen LogP contribution in [0.25, 0.3) is 28.1 Å². The maximum absolute atomic E-state index is 15.6. The molecule has 2 fully saturated rings. The van der Waals surface area contributed by atoms with Crippen LogP contribution in [0.3, 0.4) is 0 Å². The minimum absolute atomic E-state index is 0.254. The molecule has 2 aliphatic heterocycles. The summed E-state index contributed by atoms with van der Waals surface area (Å²) in [6, 6.07) is 17.1. The Morgan fingerprint density at radius 1 is 0.894 bits per heavy atom. The van der Waals surface area contributed by atoms with E-state index in [1.165, 1.54) is 12.8 Å². The van der Waals surface area contributed by atoms with Crippen LogP contribution in [0, 0.1) is 30.5 Å². The lowest BCUT2D eigenvalue weighted by Crippen LogP contribution is -2.46. The molecule has 2 saturated heterocycles. The zero-order valence-corrected chi connectivity index (χ0v) is 27.0. The van der Waals surface area contributed by atoms with Crippen molar-refractivity contribution in [3.05, 3.63) is 84.2 Å². The van der Waals surface area contributed by atoms with Gasteiger partial charge >= 0.3 is 0 Å². The summed E-state index contributed by atoms with van der Waals surface area (Å²) in [4.78, 5) is 25.2. The van der Waals surface area contributed by atoms with Crippen LogP contribution in [0.2, 0.25) is 0 Å². The van der Waals surface area contributed by atoms with Crippen LogP contribution >= 0.6 is 0 Å². The van der Waals surface area contributed by atoms with Gasteiger partial charge < -0.3 is 15.5 Å². The van der Waals surface area contributed by atoms with E-state index in [2.05, 4.69) is 60.5 Å². The Labute approximate surface area is 275 Å². The number of benzene rings is 1. The van der Waals surface area contributed by atoms with Gasteiger partial charge in [-0.25, -0.2) is 24.3 Å². The average molecular weight is 630 g/mol. The molecule has 0 saturated carbocycles. The fourth-order valence-corrected chi connectivity index (χ4v) is 6.52. The van der Waals surface area contributed by atoms with Crippen molar-refractivity contribution in [1.29, 1.82) is 0 Å². The number of rotatable bonds is 6. The highest BCUT2D eigenvalue weighted by molar-refractivity contribution is 5.78. The second kappa shape index (κ2) is 13.4. The van der Waals surface area contributed by atoms with E-state index >= 15 is 4.39 Å². The number of piperidine rings is 1. The molecule has 10 heteroatoms. The molecule has 9 nitrogen and oxygen atoms in total. The monoisotopic (exact) mass is 629 g/mol. The Kier molecular flexibility index (Phi) is 8.72. The van der Waals surface area contributed by atoms with E-state index in [0.29, 0.717) is 22.8 Å². The van der Waals surface area contributed by atoms with Crippen molar-refractivity contribution in [2.24, 2.45) is 5.92 Å². The number of hydrogen-bond donors (Lipinski definition) is 1. The third kappa shape index (κ3) is 6.76. The average Bonchev–Trinajstić information content (AvgIpc) is 3.42. The van der Waals surface area contributed by atoms with Crippen molar-refractivity contribution in [2.75, 3.05) is 61.3 Å². The van der Waals surface area contributed by atoms with Crippen molar-refractivity contribution in [2.45, 2.75) is 33.1 Å². The predicted octanol–water partition coefficient (Wildman–Crippen LogP) is 5.71. The standard InChI is InChI=1S/C37H40FN9/c1-26-13-17-46(18-14-26)36-11-6-28(25-41-36)5-3-4-16-44-19-21-45(22-20-44)34-10-7-30(24-31(34)38)47-27(2)42-33-9-8-32(43-37(33)47)29-12-15-40-35(39)23-29/h6-12,15,23-26H,4,13-14,16-22H2,1-2H3,(H2,39,40). The summed E-state index contributed by atoms with van der Waals surface area (Å²) in [7, 11) is 0. The number of hydrogen-bond acceptors (Lipinski definition) is 8. The first kappa shape index (κ1) is 30.6. The van der Waals surface area contributed by atoms with Crippen molar-refractivity contribution in [1.82, 2.24) is 29.4 Å². The maximum Gasteiger partial charge on any atom is 0.165 e. The topological polar surface area (TPSA) is 92.2 Å². The molecule has 1 aromatic carbocycles. The first-order chi connectivity index (χ1) is 22.9. The van der Waals surface area contributed by atoms with E-state index < -0.39 is 0 Å². The Bertz CT molecular complexity index is 1930. The van der Waals surface area contributed by atoms with Gasteiger partial charge in [-0.1, -0.05) is 18.8 Å². The molecule has 47 heavy (non-hydrogen) atoms. The van der Waals surface area contributed by atoms with Gasteiger partial charge in [0.15, 0.2) is 5.65 Å². The molecule has 0 atom stereocenters. The highest BCUT2D eigenvalue weighted by atomic mass is 19.1. The second-order valence-electron chi connectivity index (χ2n) is 12.6. The van der Waals surface area contributed by atoms with Crippen molar-refractivity contribution in [3.8, 4) is 28.8 Å². The van der Waals surface area contributed by atoms with Crippen molar-refractivity contribution >= 4 is 28.5 Å². The van der Waals surface area contributed by atoms with Gasteiger partial charge in [-0.05, 0) is 74.2 Å². The molecule has 0 spiro atoms. The SMILES string of the molecule is Cc1nc2ccc(-c3ccnc(N)c3)nc2n1-c1ccc(N2CCN(CCC#Cc3ccc(N4CCC(C)CC4)nc3)CC2)c(F)c1. The second-order valence-corrected chi connectivity index (χ2v) is 12.6. The van der Waals surface area contributed by atoms with Crippen LogP contribution in [-0.4, -0.2) is 75.2 Å². The number of aryl methyl sites for hydroxylation is 1. The van der Waals surface area contributed by atoms with Crippen LogP contribution in [0.1, 0.15) is 37.6 Å². The molecular weight excluding hydrogens is 589 g/mol. The molecule has 4 aromatic heterocycles. The first-order valence-electron chi connectivity index (χ1n) is 16.5. The summed E-state index contributed by atoms with van der Waals surface area (Å²) in [5.74, 6) is 9.36. The Morgan fingerprint density at radius 2 is 1.72 bits per heavy atom. The summed E-state index contributed by atoms with van der Waals surface area (Å²) in [6.45, 7) is 10.5. The molecule has 0 aliphatic carbocycles. The molecule has 0 unspecified atom stereocenters. The Morgan fingerprint density at radius 3 is 2.47 bits per heavy atom. The molecule has 0 amide bonds. The number of nitrogen functional groups attached to an aromatic ring is 1. The molecule has 7 rings (SSSR count). The van der Waals surface area contributed by atoms with Gasteiger partial charge in [0.1, 0.15) is 28.8 Å². The molecule has 2 aliphatic rings. The highest BCUT2D eigenvalue weighted by Gasteiger charge is 2.21. The molecular formula is C37H40FN9. The fraction of sp³-hybridized carbons (Fsp3) is 0.351. The van der Waals surface area contributed by atoms with E-state index in [0.717, 1.165) is 92.1 Å². The van der Waals surface area contributed by atoms with Gasteiger partial charge in [0.05, 0.1) is 17.1 Å². The third-order valence-electron chi connectivity index (χ3n) is 9.29. The maximum atomic E-state index is 15.6. The lowest BCUT2D eigenvalue weighted by Gasteiger charge is -2.36. The van der Waals surface area contributed by atoms with Crippen LogP contribution < -0.4 is 15.5 Å². The van der Waals surface area contributed by atoms with E-state index in [1.807, 2.05) is 48.0 Å². The van der Waals surface area contributed by atoms with E-state index in [-0.39, 0.29) is 5.82 Å². The summed E-state index contributed by atoms with van der Waals surface area (Å²) in [5, 5.41) is 0. The lowest BCUT2D eigenvalue weighted by molar-refractivity contribution is 0.263. The van der Waals surface area contributed by atoms with Crippen molar-refractivity contribution < 1.29 is 4.39 Å². The number of nitrogens with two attached hydrogens (primary N) is 1.